The van der Waals surface area contributed by atoms with Crippen molar-refractivity contribution in [1.29, 1.82) is 0 Å². The van der Waals surface area contributed by atoms with E-state index in [0.717, 1.165) is 0 Å². The van der Waals surface area contributed by atoms with Gasteiger partial charge in [-0.3, -0.25) is 9.59 Å². The molecule has 0 radical (unpaired) electrons. The monoisotopic (exact) mass is 214 g/mol. The molecule has 0 fully saturated rings. The molecule has 7 heteroatoms. The van der Waals surface area contributed by atoms with E-state index in [1.807, 2.05) is 0 Å². The molecule has 82 valence electrons. The summed E-state index contributed by atoms with van der Waals surface area (Å²) in [5, 5.41) is 14.1. The highest BCUT2D eigenvalue weighted by atomic mass is 16.5. The molecule has 0 unspecified atom stereocenters. The van der Waals surface area contributed by atoms with Crippen LogP contribution in [-0.2, 0) is 4.79 Å². The number of nitrogens with zero attached hydrogens (tertiary/aromatic N) is 1. The van der Waals surface area contributed by atoms with Gasteiger partial charge in [0, 0.05) is 6.54 Å². The zero-order chi connectivity index (χ0) is 11.3. The second-order valence-corrected chi connectivity index (χ2v) is 2.63. The smallest absolute Gasteiger partial charge is 0.305 e. The third-order valence-corrected chi connectivity index (χ3v) is 1.55. The van der Waals surface area contributed by atoms with Crippen molar-refractivity contribution in [3.05, 3.63) is 11.8 Å². The summed E-state index contributed by atoms with van der Waals surface area (Å²) in [4.78, 5) is 21.4. The topological polar surface area (TPSA) is 102 Å². The van der Waals surface area contributed by atoms with Crippen LogP contribution in [0.15, 0.2) is 10.6 Å². The van der Waals surface area contributed by atoms with Crippen molar-refractivity contribution in [2.24, 2.45) is 0 Å². The number of ether oxygens (including phenoxy) is 1. The van der Waals surface area contributed by atoms with E-state index in [0.29, 0.717) is 0 Å². The standard InChI is InChI=1S/C8H10N2O5/c1-14-6-4-5(15-10-6)8(13)9-3-2-7(11)12/h4H,2-3H2,1H3,(H,9,13)(H,11,12). The maximum Gasteiger partial charge on any atom is 0.305 e. The van der Waals surface area contributed by atoms with Gasteiger partial charge in [-0.1, -0.05) is 0 Å². The van der Waals surface area contributed by atoms with E-state index < -0.39 is 11.9 Å². The summed E-state index contributed by atoms with van der Waals surface area (Å²) >= 11 is 0. The average Bonchev–Trinajstić information content (AvgIpc) is 2.65. The first-order valence-electron chi connectivity index (χ1n) is 4.14. The van der Waals surface area contributed by atoms with E-state index >= 15 is 0 Å². The number of carbonyl (C=O) groups excluding carboxylic acids is 1. The first kappa shape index (κ1) is 11.0. The van der Waals surface area contributed by atoms with Gasteiger partial charge in [-0.15, -0.1) is 0 Å². The highest BCUT2D eigenvalue weighted by molar-refractivity contribution is 5.91. The molecule has 0 spiro atoms. The lowest BCUT2D eigenvalue weighted by Gasteiger charge is -1.98. The number of carboxylic acids is 1. The van der Waals surface area contributed by atoms with Gasteiger partial charge in [-0.25, -0.2) is 0 Å². The maximum absolute atomic E-state index is 11.3. The van der Waals surface area contributed by atoms with Crippen molar-refractivity contribution in [2.75, 3.05) is 13.7 Å². The number of methoxy groups -OCH3 is 1. The third kappa shape index (κ3) is 3.29. The van der Waals surface area contributed by atoms with Crippen molar-refractivity contribution in [1.82, 2.24) is 10.5 Å². The molecule has 0 aliphatic rings. The van der Waals surface area contributed by atoms with Gasteiger partial charge in [-0.05, 0) is 5.16 Å². The summed E-state index contributed by atoms with van der Waals surface area (Å²) in [6.07, 6.45) is -0.142. The summed E-state index contributed by atoms with van der Waals surface area (Å²) in [5.41, 5.74) is 0. The van der Waals surface area contributed by atoms with Gasteiger partial charge in [0.25, 0.3) is 11.8 Å². The molecule has 15 heavy (non-hydrogen) atoms. The van der Waals surface area contributed by atoms with Crippen LogP contribution in [0.5, 0.6) is 5.88 Å². The molecule has 1 aromatic heterocycles. The Hall–Kier alpha value is -2.05. The predicted octanol–water partition coefficient (Wildman–Crippen LogP) is -0.112. The van der Waals surface area contributed by atoms with Crippen LogP contribution >= 0.6 is 0 Å². The minimum atomic E-state index is -0.981. The number of carboxylic acid groups (broad SMARTS) is 1. The van der Waals surface area contributed by atoms with Crippen LogP contribution in [0, 0.1) is 0 Å². The van der Waals surface area contributed by atoms with Gasteiger partial charge >= 0.3 is 5.97 Å². The Morgan fingerprint density at radius 2 is 2.40 bits per heavy atom. The molecule has 0 bridgehead atoms. The number of amides is 1. The van der Waals surface area contributed by atoms with Gasteiger partial charge in [0.05, 0.1) is 19.6 Å². The molecule has 0 aliphatic heterocycles. The molecular weight excluding hydrogens is 204 g/mol. The number of hydrogen-bond donors (Lipinski definition) is 2. The number of hydrogen-bond acceptors (Lipinski definition) is 5. The first-order chi connectivity index (χ1) is 7.13. The average molecular weight is 214 g/mol. The Balaban J connectivity index is 2.43. The number of carbonyl (C=O) groups is 2. The van der Waals surface area contributed by atoms with Crippen molar-refractivity contribution >= 4 is 11.9 Å². The molecule has 1 rings (SSSR count). The highest BCUT2D eigenvalue weighted by Crippen LogP contribution is 2.09. The normalized spacial score (nSPS) is 9.67. The molecule has 1 heterocycles. The lowest BCUT2D eigenvalue weighted by atomic mass is 10.4. The van der Waals surface area contributed by atoms with Crippen LogP contribution in [0.25, 0.3) is 0 Å². The molecular formula is C8H10N2O5. The van der Waals surface area contributed by atoms with Crippen LogP contribution in [0.2, 0.25) is 0 Å². The fourth-order valence-electron chi connectivity index (χ4n) is 0.832. The Bertz CT molecular complexity index is 360. The highest BCUT2D eigenvalue weighted by Gasteiger charge is 2.12. The van der Waals surface area contributed by atoms with Crippen molar-refractivity contribution in [3.8, 4) is 5.88 Å². The van der Waals surface area contributed by atoms with Gasteiger partial charge in [0.2, 0.25) is 5.76 Å². The molecule has 0 atom stereocenters. The second kappa shape index (κ2) is 4.99. The molecule has 7 nitrogen and oxygen atoms in total. The number of aliphatic carboxylic acids is 1. The summed E-state index contributed by atoms with van der Waals surface area (Å²) in [5.74, 6) is -1.33. The fourth-order valence-corrected chi connectivity index (χ4v) is 0.832. The molecule has 0 saturated carbocycles. The van der Waals surface area contributed by atoms with Gasteiger partial charge in [0.15, 0.2) is 0 Å². The molecule has 0 aliphatic carbocycles. The Morgan fingerprint density at radius 1 is 1.67 bits per heavy atom. The van der Waals surface area contributed by atoms with Gasteiger partial charge < -0.3 is 19.7 Å². The summed E-state index contributed by atoms with van der Waals surface area (Å²) in [7, 11) is 1.39. The van der Waals surface area contributed by atoms with Crippen LogP contribution in [-0.4, -0.2) is 35.8 Å². The summed E-state index contributed by atoms with van der Waals surface area (Å²) in [6.45, 7) is 0.0389. The van der Waals surface area contributed by atoms with Gasteiger partial charge in [0.1, 0.15) is 0 Å². The zero-order valence-electron chi connectivity index (χ0n) is 8.02. The minimum absolute atomic E-state index is 0.0164. The minimum Gasteiger partial charge on any atom is -0.481 e. The molecule has 1 aromatic rings. The van der Waals surface area contributed by atoms with Crippen LogP contribution in [0.1, 0.15) is 17.0 Å². The van der Waals surface area contributed by atoms with E-state index in [9.17, 15) is 9.59 Å². The Labute approximate surface area is 85.0 Å². The first-order valence-corrected chi connectivity index (χ1v) is 4.14. The van der Waals surface area contributed by atoms with Gasteiger partial charge in [-0.2, -0.15) is 0 Å². The number of nitrogens with one attached hydrogen (secondary N) is 1. The second-order valence-electron chi connectivity index (χ2n) is 2.63. The van der Waals surface area contributed by atoms with Crippen LogP contribution in [0.4, 0.5) is 0 Å². The molecule has 0 aromatic carbocycles. The fraction of sp³-hybridized carbons (Fsp3) is 0.375. The quantitative estimate of drug-likeness (QED) is 0.708. The zero-order valence-corrected chi connectivity index (χ0v) is 8.02. The van der Waals surface area contributed by atoms with Crippen molar-refractivity contribution in [2.45, 2.75) is 6.42 Å². The van der Waals surface area contributed by atoms with Crippen LogP contribution in [0.3, 0.4) is 0 Å². The van der Waals surface area contributed by atoms with Crippen molar-refractivity contribution < 1.29 is 24.0 Å². The molecule has 1 amide bonds. The maximum atomic E-state index is 11.3. The summed E-state index contributed by atoms with van der Waals surface area (Å²) < 4.78 is 9.35. The van der Waals surface area contributed by atoms with E-state index in [1.54, 1.807) is 0 Å². The number of aromatic nitrogens is 1. The Kier molecular flexibility index (Phi) is 3.67. The van der Waals surface area contributed by atoms with E-state index in [-0.39, 0.29) is 24.6 Å². The predicted molar refractivity (Wildman–Crippen MR) is 47.6 cm³/mol. The lowest BCUT2D eigenvalue weighted by molar-refractivity contribution is -0.136. The van der Waals surface area contributed by atoms with E-state index in [2.05, 4.69) is 15.0 Å². The van der Waals surface area contributed by atoms with E-state index in [4.69, 9.17) is 9.84 Å². The number of rotatable bonds is 5. The molecule has 0 saturated heterocycles. The van der Waals surface area contributed by atoms with Crippen molar-refractivity contribution in [3.63, 3.8) is 0 Å². The van der Waals surface area contributed by atoms with E-state index in [1.165, 1.54) is 13.2 Å². The molecule has 2 N–H and O–H groups in total. The Morgan fingerprint density at radius 3 is 2.93 bits per heavy atom. The largest absolute Gasteiger partial charge is 0.481 e. The SMILES string of the molecule is COc1cc(C(=O)NCCC(=O)O)on1. The van der Waals surface area contributed by atoms with Crippen LogP contribution < -0.4 is 10.1 Å². The lowest BCUT2D eigenvalue weighted by Crippen LogP contribution is -2.25. The third-order valence-electron chi connectivity index (χ3n) is 1.55. The summed E-state index contributed by atoms with van der Waals surface area (Å²) in [6, 6.07) is 1.32.